The summed E-state index contributed by atoms with van der Waals surface area (Å²) in [6, 6.07) is 7.07. The van der Waals surface area contributed by atoms with Gasteiger partial charge in [0.05, 0.1) is 12.8 Å². The van der Waals surface area contributed by atoms with Gasteiger partial charge in [0.25, 0.3) is 0 Å². The normalized spacial score (nSPS) is 10.9. The number of nitrogens with zero attached hydrogens (tertiary/aromatic N) is 2. The van der Waals surface area contributed by atoms with E-state index in [1.165, 1.54) is 0 Å². The van der Waals surface area contributed by atoms with Gasteiger partial charge in [-0.2, -0.15) is 0 Å². The van der Waals surface area contributed by atoms with Gasteiger partial charge in [0.15, 0.2) is 5.78 Å². The van der Waals surface area contributed by atoms with E-state index in [1.807, 2.05) is 24.6 Å². The van der Waals surface area contributed by atoms with Crippen molar-refractivity contribution in [2.24, 2.45) is 0 Å². The van der Waals surface area contributed by atoms with E-state index in [4.69, 9.17) is 4.74 Å². The average Bonchev–Trinajstić information content (AvgIpc) is 2.85. The summed E-state index contributed by atoms with van der Waals surface area (Å²) < 4.78 is 6.96. The molecule has 4 heteroatoms. The molecule has 0 bridgehead atoms. The third-order valence-electron chi connectivity index (χ3n) is 3.01. The van der Waals surface area contributed by atoms with Gasteiger partial charge in [-0.3, -0.25) is 4.79 Å². The lowest BCUT2D eigenvalue weighted by atomic mass is 10.1. The Morgan fingerprint density at radius 1 is 1.35 bits per heavy atom. The molecule has 0 aliphatic rings. The molecule has 1 heterocycles. The molecule has 0 saturated carbocycles. The fourth-order valence-electron chi connectivity index (χ4n) is 1.96. The average molecular weight is 270 g/mol. The zero-order valence-corrected chi connectivity index (χ0v) is 12.0. The molecule has 1 aromatic carbocycles. The number of benzene rings is 1. The minimum Gasteiger partial charge on any atom is -0.497 e. The van der Waals surface area contributed by atoms with Crippen molar-refractivity contribution in [1.29, 1.82) is 0 Å². The van der Waals surface area contributed by atoms with Crippen LogP contribution in [0.3, 0.4) is 0 Å². The molecule has 0 unspecified atom stereocenters. The van der Waals surface area contributed by atoms with Gasteiger partial charge in [-0.15, -0.1) is 0 Å². The molecule has 104 valence electrons. The van der Waals surface area contributed by atoms with E-state index in [0.29, 0.717) is 5.56 Å². The molecule has 2 rings (SSSR count). The molecule has 2 aromatic rings. The van der Waals surface area contributed by atoms with Crippen molar-refractivity contribution in [1.82, 2.24) is 9.55 Å². The molecule has 0 amide bonds. The smallest absolute Gasteiger partial charge is 0.187 e. The van der Waals surface area contributed by atoms with E-state index in [-0.39, 0.29) is 5.78 Å². The molecule has 1 aromatic heterocycles. The minimum absolute atomic E-state index is 0.0407. The third kappa shape index (κ3) is 3.15. The summed E-state index contributed by atoms with van der Waals surface area (Å²) in [6.07, 6.45) is 6.05. The van der Waals surface area contributed by atoms with Gasteiger partial charge < -0.3 is 9.30 Å². The Morgan fingerprint density at radius 2 is 2.05 bits per heavy atom. The number of rotatable bonds is 5. The molecule has 20 heavy (non-hydrogen) atoms. The first-order valence-corrected chi connectivity index (χ1v) is 6.55. The molecule has 0 fully saturated rings. The minimum atomic E-state index is -0.0407. The summed E-state index contributed by atoms with van der Waals surface area (Å²) in [5.41, 5.74) is 1.58. The van der Waals surface area contributed by atoms with Gasteiger partial charge in [0.1, 0.15) is 11.6 Å². The Kier molecular flexibility index (Phi) is 4.35. The number of hydrogen-bond acceptors (Lipinski definition) is 3. The Morgan fingerprint density at radius 3 is 2.65 bits per heavy atom. The van der Waals surface area contributed by atoms with Gasteiger partial charge in [0, 0.05) is 30.5 Å². The number of imidazole rings is 1. The molecule has 4 nitrogen and oxygen atoms in total. The number of ketones is 1. The first-order valence-electron chi connectivity index (χ1n) is 6.55. The Balaban J connectivity index is 2.15. The molecular formula is C16H18N2O2. The Labute approximate surface area is 118 Å². The molecule has 0 aliphatic heterocycles. The highest BCUT2D eigenvalue weighted by atomic mass is 16.5. The number of methoxy groups -OCH3 is 1. The van der Waals surface area contributed by atoms with Crippen molar-refractivity contribution in [3.05, 3.63) is 53.6 Å². The van der Waals surface area contributed by atoms with Gasteiger partial charge in [-0.1, -0.05) is 6.92 Å². The zero-order valence-electron chi connectivity index (χ0n) is 12.0. The zero-order chi connectivity index (χ0) is 14.5. The Hall–Kier alpha value is -2.36. The van der Waals surface area contributed by atoms with Crippen LogP contribution in [0.25, 0.3) is 6.20 Å². The lowest BCUT2D eigenvalue weighted by Crippen LogP contribution is -1.97. The van der Waals surface area contributed by atoms with Gasteiger partial charge in [-0.25, -0.2) is 4.98 Å². The van der Waals surface area contributed by atoms with E-state index in [9.17, 15) is 4.79 Å². The van der Waals surface area contributed by atoms with Crippen LogP contribution in [0.15, 0.2) is 36.5 Å². The third-order valence-corrected chi connectivity index (χ3v) is 3.01. The van der Waals surface area contributed by atoms with E-state index >= 15 is 0 Å². The monoisotopic (exact) mass is 270 g/mol. The second-order valence-electron chi connectivity index (χ2n) is 4.47. The van der Waals surface area contributed by atoms with E-state index in [1.54, 1.807) is 43.7 Å². The number of carbonyl (C=O) groups excluding carboxylic acids is 1. The quantitative estimate of drug-likeness (QED) is 0.619. The predicted molar refractivity (Wildman–Crippen MR) is 79.0 cm³/mol. The molecular weight excluding hydrogens is 252 g/mol. The van der Waals surface area contributed by atoms with Crippen LogP contribution in [-0.4, -0.2) is 22.4 Å². The maximum Gasteiger partial charge on any atom is 0.187 e. The number of carbonyl (C=O) groups is 1. The highest BCUT2D eigenvalue weighted by Gasteiger charge is 2.04. The van der Waals surface area contributed by atoms with Crippen molar-refractivity contribution in [2.75, 3.05) is 7.11 Å². The fourth-order valence-corrected chi connectivity index (χ4v) is 1.96. The molecule has 0 spiro atoms. The maximum atomic E-state index is 12.1. The first kappa shape index (κ1) is 14.1. The summed E-state index contributed by atoms with van der Waals surface area (Å²) in [5.74, 6) is 1.64. The highest BCUT2D eigenvalue weighted by molar-refractivity contribution is 6.06. The van der Waals surface area contributed by atoms with Crippen molar-refractivity contribution >= 4 is 12.0 Å². The fraction of sp³-hybridized carbons (Fsp3) is 0.250. The van der Waals surface area contributed by atoms with E-state index in [2.05, 4.69) is 4.98 Å². The van der Waals surface area contributed by atoms with Crippen molar-refractivity contribution in [2.45, 2.75) is 20.3 Å². The van der Waals surface area contributed by atoms with Crippen LogP contribution in [0.1, 0.15) is 28.8 Å². The highest BCUT2D eigenvalue weighted by Crippen LogP contribution is 2.12. The van der Waals surface area contributed by atoms with Gasteiger partial charge in [-0.05, 0) is 31.2 Å². The predicted octanol–water partition coefficient (Wildman–Crippen LogP) is 3.12. The lowest BCUT2D eigenvalue weighted by Gasteiger charge is -2.01. The molecule has 0 saturated heterocycles. The summed E-state index contributed by atoms with van der Waals surface area (Å²) in [5, 5.41) is 0. The van der Waals surface area contributed by atoms with Crippen LogP contribution < -0.4 is 4.74 Å². The van der Waals surface area contributed by atoms with Crippen molar-refractivity contribution < 1.29 is 9.53 Å². The standard InChI is InChI=1S/C16H18N2O2/c1-4-16-17-12(2)11-18(16)10-9-15(19)13-5-7-14(20-3)8-6-13/h5-11H,4H2,1-3H3/b10-9+. The summed E-state index contributed by atoms with van der Waals surface area (Å²) >= 11 is 0. The molecule has 0 radical (unpaired) electrons. The SMILES string of the molecule is CCc1nc(C)cn1/C=C/C(=O)c1ccc(OC)cc1. The maximum absolute atomic E-state index is 12.1. The molecule has 0 atom stereocenters. The first-order chi connectivity index (χ1) is 9.63. The van der Waals surface area contributed by atoms with Crippen LogP contribution in [0.2, 0.25) is 0 Å². The topological polar surface area (TPSA) is 44.1 Å². The number of allylic oxidation sites excluding steroid dienone is 1. The second-order valence-corrected chi connectivity index (χ2v) is 4.47. The largest absolute Gasteiger partial charge is 0.497 e. The van der Waals surface area contributed by atoms with Crippen LogP contribution in [-0.2, 0) is 6.42 Å². The van der Waals surface area contributed by atoms with Crippen molar-refractivity contribution in [3.8, 4) is 5.75 Å². The number of hydrogen-bond donors (Lipinski definition) is 0. The summed E-state index contributed by atoms with van der Waals surface area (Å²) in [6.45, 7) is 3.98. The summed E-state index contributed by atoms with van der Waals surface area (Å²) in [4.78, 5) is 16.4. The number of aromatic nitrogens is 2. The molecule has 0 N–H and O–H groups in total. The van der Waals surface area contributed by atoms with Crippen molar-refractivity contribution in [3.63, 3.8) is 0 Å². The number of aryl methyl sites for hydroxylation is 2. The number of ether oxygens (including phenoxy) is 1. The van der Waals surface area contributed by atoms with E-state index in [0.717, 1.165) is 23.7 Å². The van der Waals surface area contributed by atoms with E-state index < -0.39 is 0 Å². The van der Waals surface area contributed by atoms with Gasteiger partial charge >= 0.3 is 0 Å². The van der Waals surface area contributed by atoms with Crippen LogP contribution >= 0.6 is 0 Å². The summed E-state index contributed by atoms with van der Waals surface area (Å²) in [7, 11) is 1.60. The van der Waals surface area contributed by atoms with Gasteiger partial charge in [0.2, 0.25) is 0 Å². The van der Waals surface area contributed by atoms with Crippen LogP contribution in [0, 0.1) is 6.92 Å². The molecule has 0 aliphatic carbocycles. The lowest BCUT2D eigenvalue weighted by molar-refractivity contribution is 0.104. The second kappa shape index (κ2) is 6.19. The van der Waals surface area contributed by atoms with Crippen LogP contribution in [0.4, 0.5) is 0 Å². The Bertz CT molecular complexity index is 624. The van der Waals surface area contributed by atoms with Crippen LogP contribution in [0.5, 0.6) is 5.75 Å².